The molecule has 30 heavy (non-hydrogen) atoms. The molecular formula is C25H38N2O2S. The highest BCUT2D eigenvalue weighted by Gasteiger charge is 2.15. The van der Waals surface area contributed by atoms with Crippen molar-refractivity contribution in [2.24, 2.45) is 11.8 Å². The Hall–Kier alpha value is -1.75. The summed E-state index contributed by atoms with van der Waals surface area (Å²) in [7, 11) is 0. The second-order valence-corrected chi connectivity index (χ2v) is 9.56. The van der Waals surface area contributed by atoms with E-state index in [-0.39, 0.29) is 12.2 Å². The van der Waals surface area contributed by atoms with Gasteiger partial charge in [0.25, 0.3) is 0 Å². The zero-order valence-corrected chi connectivity index (χ0v) is 20.4. The molecule has 0 aliphatic heterocycles. The number of hydrogen-bond donors (Lipinski definition) is 0. The fourth-order valence-electron chi connectivity index (χ4n) is 3.29. The third kappa shape index (κ3) is 8.17. The Morgan fingerprint density at radius 1 is 0.833 bits per heavy atom. The summed E-state index contributed by atoms with van der Waals surface area (Å²) in [6.07, 6.45) is 5.59. The first-order chi connectivity index (χ1) is 14.3. The molecule has 0 spiro atoms. The summed E-state index contributed by atoms with van der Waals surface area (Å²) in [6, 6.07) is 12.1. The van der Waals surface area contributed by atoms with E-state index >= 15 is 0 Å². The van der Waals surface area contributed by atoms with E-state index in [4.69, 9.17) is 14.5 Å². The van der Waals surface area contributed by atoms with Gasteiger partial charge in [0.2, 0.25) is 11.8 Å². The first kappa shape index (κ1) is 24.5. The summed E-state index contributed by atoms with van der Waals surface area (Å²) in [5.74, 6) is 2.89. The van der Waals surface area contributed by atoms with Crippen LogP contribution in [0.3, 0.4) is 0 Å². The third-order valence-corrected chi connectivity index (χ3v) is 6.20. The van der Waals surface area contributed by atoms with Crippen molar-refractivity contribution in [3.05, 3.63) is 42.1 Å². The van der Waals surface area contributed by atoms with Crippen LogP contribution in [0.15, 0.2) is 41.4 Å². The minimum absolute atomic E-state index is 0.146. The van der Waals surface area contributed by atoms with Gasteiger partial charge in [-0.2, -0.15) is 0 Å². The first-order valence-electron chi connectivity index (χ1n) is 11.1. The summed E-state index contributed by atoms with van der Waals surface area (Å²) < 4.78 is 12.0. The van der Waals surface area contributed by atoms with Gasteiger partial charge in [0.1, 0.15) is 0 Å². The van der Waals surface area contributed by atoms with E-state index < -0.39 is 0 Å². The molecular weight excluding hydrogens is 392 g/mol. The van der Waals surface area contributed by atoms with Gasteiger partial charge in [-0.1, -0.05) is 39.8 Å². The maximum absolute atomic E-state index is 6.04. The monoisotopic (exact) mass is 430 g/mol. The van der Waals surface area contributed by atoms with Gasteiger partial charge in [-0.25, -0.2) is 9.97 Å². The first-order valence-corrected chi connectivity index (χ1v) is 12.3. The average Bonchev–Trinajstić information content (AvgIpc) is 2.72. The van der Waals surface area contributed by atoms with Crippen molar-refractivity contribution in [2.45, 2.75) is 84.0 Å². The number of ether oxygens (including phenoxy) is 2. The molecule has 0 aliphatic carbocycles. The maximum atomic E-state index is 6.04. The van der Waals surface area contributed by atoms with Crippen LogP contribution in [0.5, 0.6) is 11.8 Å². The van der Waals surface area contributed by atoms with Crippen LogP contribution in [-0.2, 0) is 0 Å². The average molecular weight is 431 g/mol. The van der Waals surface area contributed by atoms with Crippen molar-refractivity contribution in [1.82, 2.24) is 9.97 Å². The normalized spacial score (nSPS) is 15.5. The van der Waals surface area contributed by atoms with E-state index in [1.165, 1.54) is 0 Å². The van der Waals surface area contributed by atoms with E-state index in [1.807, 2.05) is 30.5 Å². The van der Waals surface area contributed by atoms with Crippen LogP contribution < -0.4 is 9.47 Å². The highest BCUT2D eigenvalue weighted by Crippen LogP contribution is 2.26. The molecule has 0 amide bonds. The Kier molecular flexibility index (Phi) is 9.96. The smallest absolute Gasteiger partial charge is 0.214 e. The van der Waals surface area contributed by atoms with E-state index in [1.54, 1.807) is 11.8 Å². The lowest BCUT2D eigenvalue weighted by molar-refractivity contribution is 0.163. The van der Waals surface area contributed by atoms with E-state index in [9.17, 15) is 0 Å². The largest absolute Gasteiger partial charge is 0.475 e. The molecule has 4 nitrogen and oxygen atoms in total. The molecule has 0 aromatic carbocycles. The van der Waals surface area contributed by atoms with Gasteiger partial charge in [0.15, 0.2) is 0 Å². The Bertz CT molecular complexity index is 768. The second-order valence-electron chi connectivity index (χ2n) is 8.73. The SMILES string of the molecule is CSc1cccc(OC(C)CC(C)CCC(C)c2cccc(OC(C)C(C)C)n2)n1. The molecule has 0 aliphatic rings. The van der Waals surface area contributed by atoms with Crippen molar-refractivity contribution >= 4 is 11.8 Å². The molecule has 166 valence electrons. The molecule has 5 heteroatoms. The quantitative estimate of drug-likeness (QED) is 0.339. The van der Waals surface area contributed by atoms with Crippen LogP contribution in [0.2, 0.25) is 0 Å². The number of rotatable bonds is 12. The van der Waals surface area contributed by atoms with Crippen LogP contribution >= 0.6 is 11.8 Å². The predicted octanol–water partition coefficient (Wildman–Crippen LogP) is 7.00. The van der Waals surface area contributed by atoms with E-state index in [0.29, 0.717) is 23.6 Å². The second kappa shape index (κ2) is 12.2. The number of pyridine rings is 2. The standard InChI is InChI=1S/C25H38N2O2S/c1-17(2)21(6)29-23-11-8-10-22(26-23)19(4)15-14-18(3)16-20(5)28-24-12-9-13-25(27-24)30-7/h8-13,17-21H,14-16H2,1-7H3. The highest BCUT2D eigenvalue weighted by molar-refractivity contribution is 7.98. The molecule has 0 bridgehead atoms. The Balaban J connectivity index is 1.81. The lowest BCUT2D eigenvalue weighted by Crippen LogP contribution is -2.19. The minimum atomic E-state index is 0.146. The highest BCUT2D eigenvalue weighted by atomic mass is 32.2. The van der Waals surface area contributed by atoms with Crippen LogP contribution in [0.1, 0.15) is 72.4 Å². The van der Waals surface area contributed by atoms with Crippen LogP contribution in [0, 0.1) is 11.8 Å². The van der Waals surface area contributed by atoms with Crippen molar-refractivity contribution < 1.29 is 9.47 Å². The van der Waals surface area contributed by atoms with Crippen LogP contribution in [0.25, 0.3) is 0 Å². The van der Waals surface area contributed by atoms with Gasteiger partial charge in [-0.15, -0.1) is 11.8 Å². The Morgan fingerprint density at radius 2 is 1.50 bits per heavy atom. The Labute approximate surface area is 187 Å². The summed E-state index contributed by atoms with van der Waals surface area (Å²) in [5.41, 5.74) is 1.11. The minimum Gasteiger partial charge on any atom is -0.475 e. The summed E-state index contributed by atoms with van der Waals surface area (Å²) in [5, 5.41) is 0.989. The number of aromatic nitrogens is 2. The summed E-state index contributed by atoms with van der Waals surface area (Å²) in [6.45, 7) is 13.1. The van der Waals surface area contributed by atoms with Gasteiger partial charge in [-0.3, -0.25) is 0 Å². The van der Waals surface area contributed by atoms with Gasteiger partial charge in [0.05, 0.1) is 17.2 Å². The molecule has 0 saturated heterocycles. The van der Waals surface area contributed by atoms with Crippen LogP contribution in [0.4, 0.5) is 0 Å². The van der Waals surface area contributed by atoms with Crippen molar-refractivity contribution in [3.63, 3.8) is 0 Å². The topological polar surface area (TPSA) is 44.2 Å². The lowest BCUT2D eigenvalue weighted by Gasteiger charge is -2.21. The molecule has 0 saturated carbocycles. The zero-order chi connectivity index (χ0) is 22.1. The lowest BCUT2D eigenvalue weighted by atomic mass is 9.92. The van der Waals surface area contributed by atoms with Gasteiger partial charge >= 0.3 is 0 Å². The summed E-state index contributed by atoms with van der Waals surface area (Å²) >= 11 is 1.63. The van der Waals surface area contributed by atoms with E-state index in [2.05, 4.69) is 58.7 Å². The number of thioether (sulfide) groups is 1. The molecule has 4 atom stereocenters. The van der Waals surface area contributed by atoms with Crippen molar-refractivity contribution in [1.29, 1.82) is 0 Å². The third-order valence-electron chi connectivity index (χ3n) is 5.55. The van der Waals surface area contributed by atoms with Crippen LogP contribution in [-0.4, -0.2) is 28.4 Å². The zero-order valence-electron chi connectivity index (χ0n) is 19.6. The molecule has 4 unspecified atom stereocenters. The Morgan fingerprint density at radius 3 is 2.17 bits per heavy atom. The molecule has 2 aromatic rings. The molecule has 2 aromatic heterocycles. The van der Waals surface area contributed by atoms with Crippen molar-refractivity contribution in [3.8, 4) is 11.8 Å². The molecule has 0 N–H and O–H groups in total. The van der Waals surface area contributed by atoms with E-state index in [0.717, 1.165) is 35.9 Å². The fraction of sp³-hybridized carbons (Fsp3) is 0.600. The molecule has 0 radical (unpaired) electrons. The summed E-state index contributed by atoms with van der Waals surface area (Å²) in [4.78, 5) is 9.26. The maximum Gasteiger partial charge on any atom is 0.214 e. The van der Waals surface area contributed by atoms with Crippen molar-refractivity contribution in [2.75, 3.05) is 6.26 Å². The van der Waals surface area contributed by atoms with Gasteiger partial charge < -0.3 is 9.47 Å². The predicted molar refractivity (Wildman–Crippen MR) is 127 cm³/mol. The molecule has 2 rings (SSSR count). The van der Waals surface area contributed by atoms with Gasteiger partial charge in [-0.05, 0) is 69.3 Å². The molecule has 2 heterocycles. The number of hydrogen-bond acceptors (Lipinski definition) is 5. The van der Waals surface area contributed by atoms with Gasteiger partial charge in [0, 0.05) is 17.8 Å². The molecule has 0 fully saturated rings. The fourth-order valence-corrected chi connectivity index (χ4v) is 3.69. The number of nitrogens with zero attached hydrogens (tertiary/aromatic N) is 2.